The van der Waals surface area contributed by atoms with Crippen molar-refractivity contribution < 1.29 is 14.3 Å². The maximum atomic E-state index is 11.9. The summed E-state index contributed by atoms with van der Waals surface area (Å²) in [4.78, 5) is 11.9. The van der Waals surface area contributed by atoms with E-state index in [2.05, 4.69) is 5.32 Å². The van der Waals surface area contributed by atoms with Gasteiger partial charge in [-0.1, -0.05) is 25.3 Å². The minimum atomic E-state index is -0.0189. The zero-order chi connectivity index (χ0) is 13.8. The molecule has 0 radical (unpaired) electrons. The summed E-state index contributed by atoms with van der Waals surface area (Å²) in [5.41, 5.74) is 0.938. The van der Waals surface area contributed by atoms with Gasteiger partial charge in [-0.15, -0.1) is 0 Å². The van der Waals surface area contributed by atoms with Crippen LogP contribution in [0.1, 0.15) is 37.7 Å². The highest BCUT2D eigenvalue weighted by Gasteiger charge is 2.15. The summed E-state index contributed by atoms with van der Waals surface area (Å²) >= 11 is 0. The van der Waals surface area contributed by atoms with Crippen molar-refractivity contribution in [2.75, 3.05) is 6.79 Å². The van der Waals surface area contributed by atoms with Crippen molar-refractivity contribution in [3.63, 3.8) is 0 Å². The van der Waals surface area contributed by atoms with Crippen LogP contribution in [-0.2, 0) is 4.79 Å². The third kappa shape index (κ3) is 3.13. The van der Waals surface area contributed by atoms with E-state index in [1.54, 1.807) is 12.2 Å². The molecule has 3 rings (SSSR count). The van der Waals surface area contributed by atoms with Crippen LogP contribution in [0, 0.1) is 0 Å². The average molecular weight is 273 g/mol. The van der Waals surface area contributed by atoms with Crippen molar-refractivity contribution in [1.82, 2.24) is 5.32 Å². The van der Waals surface area contributed by atoms with Crippen LogP contribution in [0.2, 0.25) is 0 Å². The van der Waals surface area contributed by atoms with E-state index in [0.29, 0.717) is 6.04 Å². The minimum Gasteiger partial charge on any atom is -0.454 e. The first-order valence-electron chi connectivity index (χ1n) is 7.19. The zero-order valence-electron chi connectivity index (χ0n) is 11.4. The standard InChI is InChI=1S/C16H19NO3/c18-16(17-13-4-2-1-3-5-13)9-7-12-6-8-14-15(10-12)20-11-19-14/h6-10,13H,1-5,11H2,(H,17,18)/b9-7+. The fourth-order valence-corrected chi connectivity index (χ4v) is 2.68. The minimum absolute atomic E-state index is 0.0189. The van der Waals surface area contributed by atoms with E-state index in [1.165, 1.54) is 19.3 Å². The summed E-state index contributed by atoms with van der Waals surface area (Å²) in [6.45, 7) is 0.269. The number of benzene rings is 1. The van der Waals surface area contributed by atoms with Crippen molar-refractivity contribution in [2.45, 2.75) is 38.1 Å². The van der Waals surface area contributed by atoms with E-state index in [1.807, 2.05) is 18.2 Å². The second kappa shape index (κ2) is 5.99. The maximum absolute atomic E-state index is 11.9. The molecule has 0 unspecified atom stereocenters. The highest BCUT2D eigenvalue weighted by Crippen LogP contribution is 2.32. The Balaban J connectivity index is 1.57. The number of carbonyl (C=O) groups excluding carboxylic acids is 1. The quantitative estimate of drug-likeness (QED) is 0.861. The molecule has 1 N–H and O–H groups in total. The third-order valence-electron chi connectivity index (χ3n) is 3.78. The molecule has 1 saturated carbocycles. The lowest BCUT2D eigenvalue weighted by Crippen LogP contribution is -2.34. The summed E-state index contributed by atoms with van der Waals surface area (Å²) in [5.74, 6) is 1.48. The predicted octanol–water partition coefficient (Wildman–Crippen LogP) is 2.88. The number of nitrogens with one attached hydrogen (secondary N) is 1. The van der Waals surface area contributed by atoms with Gasteiger partial charge in [-0.2, -0.15) is 0 Å². The first-order valence-corrected chi connectivity index (χ1v) is 7.19. The van der Waals surface area contributed by atoms with Crippen LogP contribution >= 0.6 is 0 Å². The van der Waals surface area contributed by atoms with Gasteiger partial charge in [0.2, 0.25) is 12.7 Å². The summed E-state index contributed by atoms with van der Waals surface area (Å²) < 4.78 is 10.6. The predicted molar refractivity (Wildman–Crippen MR) is 76.6 cm³/mol. The Morgan fingerprint density at radius 1 is 1.15 bits per heavy atom. The van der Waals surface area contributed by atoms with Gasteiger partial charge in [0.15, 0.2) is 11.5 Å². The lowest BCUT2D eigenvalue weighted by Gasteiger charge is -2.21. The van der Waals surface area contributed by atoms with Crippen LogP contribution in [0.4, 0.5) is 0 Å². The number of hydrogen-bond acceptors (Lipinski definition) is 3. The molecule has 20 heavy (non-hydrogen) atoms. The van der Waals surface area contributed by atoms with Crippen LogP contribution in [0.25, 0.3) is 6.08 Å². The number of hydrogen-bond donors (Lipinski definition) is 1. The van der Waals surface area contributed by atoms with Gasteiger partial charge in [-0.25, -0.2) is 0 Å². The van der Waals surface area contributed by atoms with Gasteiger partial charge in [0.05, 0.1) is 0 Å². The molecule has 1 aliphatic heterocycles. The molecular weight excluding hydrogens is 254 g/mol. The van der Waals surface area contributed by atoms with Crippen LogP contribution < -0.4 is 14.8 Å². The van der Waals surface area contributed by atoms with Crippen molar-refractivity contribution in [3.05, 3.63) is 29.8 Å². The molecule has 4 nitrogen and oxygen atoms in total. The maximum Gasteiger partial charge on any atom is 0.244 e. The molecule has 1 fully saturated rings. The average Bonchev–Trinajstić information content (AvgIpc) is 2.93. The van der Waals surface area contributed by atoms with Gasteiger partial charge in [0.25, 0.3) is 0 Å². The van der Waals surface area contributed by atoms with Crippen LogP contribution in [0.3, 0.4) is 0 Å². The molecule has 0 saturated heterocycles. The van der Waals surface area contributed by atoms with Gasteiger partial charge in [0, 0.05) is 12.1 Å². The lowest BCUT2D eigenvalue weighted by molar-refractivity contribution is -0.117. The van der Waals surface area contributed by atoms with Crippen molar-refractivity contribution in [3.8, 4) is 11.5 Å². The topological polar surface area (TPSA) is 47.6 Å². The molecular formula is C16H19NO3. The molecule has 0 aromatic heterocycles. The number of amides is 1. The van der Waals surface area contributed by atoms with Gasteiger partial charge in [-0.3, -0.25) is 4.79 Å². The van der Waals surface area contributed by atoms with Gasteiger partial charge in [-0.05, 0) is 36.6 Å². The Morgan fingerprint density at radius 2 is 1.95 bits per heavy atom. The molecule has 1 amide bonds. The molecule has 1 aromatic carbocycles. The molecule has 1 aromatic rings. The molecule has 1 aliphatic carbocycles. The van der Waals surface area contributed by atoms with E-state index in [9.17, 15) is 4.79 Å². The third-order valence-corrected chi connectivity index (χ3v) is 3.78. The van der Waals surface area contributed by atoms with Gasteiger partial charge in [0.1, 0.15) is 0 Å². The summed E-state index contributed by atoms with van der Waals surface area (Å²) in [6, 6.07) is 6.00. The van der Waals surface area contributed by atoms with Crippen molar-refractivity contribution in [2.24, 2.45) is 0 Å². The second-order valence-corrected chi connectivity index (χ2v) is 5.29. The van der Waals surface area contributed by atoms with Crippen LogP contribution in [0.5, 0.6) is 11.5 Å². The molecule has 0 bridgehead atoms. The molecule has 0 spiro atoms. The summed E-state index contributed by atoms with van der Waals surface area (Å²) in [5, 5.41) is 3.06. The normalized spacial score (nSPS) is 18.4. The fraction of sp³-hybridized carbons (Fsp3) is 0.438. The van der Waals surface area contributed by atoms with E-state index in [0.717, 1.165) is 29.9 Å². The molecule has 106 valence electrons. The zero-order valence-corrected chi connectivity index (χ0v) is 11.4. The first kappa shape index (κ1) is 13.0. The lowest BCUT2D eigenvalue weighted by atomic mass is 9.95. The van der Waals surface area contributed by atoms with E-state index in [-0.39, 0.29) is 12.7 Å². The molecule has 1 heterocycles. The van der Waals surface area contributed by atoms with Crippen molar-refractivity contribution >= 4 is 12.0 Å². The largest absolute Gasteiger partial charge is 0.454 e. The number of rotatable bonds is 3. The van der Waals surface area contributed by atoms with E-state index in [4.69, 9.17) is 9.47 Å². The highest BCUT2D eigenvalue weighted by molar-refractivity contribution is 5.92. The Morgan fingerprint density at radius 3 is 2.80 bits per heavy atom. The Labute approximate surface area is 118 Å². The second-order valence-electron chi connectivity index (χ2n) is 5.29. The Hall–Kier alpha value is -1.97. The van der Waals surface area contributed by atoms with Crippen LogP contribution in [0.15, 0.2) is 24.3 Å². The van der Waals surface area contributed by atoms with Crippen LogP contribution in [-0.4, -0.2) is 18.7 Å². The molecule has 0 atom stereocenters. The fourth-order valence-electron chi connectivity index (χ4n) is 2.68. The molecule has 4 heteroatoms. The molecule has 2 aliphatic rings. The van der Waals surface area contributed by atoms with Crippen molar-refractivity contribution in [1.29, 1.82) is 0 Å². The number of carbonyl (C=O) groups is 1. The number of ether oxygens (including phenoxy) is 2. The smallest absolute Gasteiger partial charge is 0.244 e. The highest BCUT2D eigenvalue weighted by atomic mass is 16.7. The SMILES string of the molecule is O=C(/C=C/c1ccc2c(c1)OCO2)NC1CCCCC1. The van der Waals surface area contributed by atoms with Gasteiger partial charge < -0.3 is 14.8 Å². The first-order chi connectivity index (χ1) is 9.81. The summed E-state index contributed by atoms with van der Waals surface area (Å²) in [6.07, 6.45) is 9.33. The Bertz CT molecular complexity index is 518. The van der Waals surface area contributed by atoms with Gasteiger partial charge >= 0.3 is 0 Å². The monoisotopic (exact) mass is 273 g/mol. The van der Waals surface area contributed by atoms with E-state index < -0.39 is 0 Å². The Kier molecular flexibility index (Phi) is 3.90. The number of fused-ring (bicyclic) bond motifs is 1. The van der Waals surface area contributed by atoms with E-state index >= 15 is 0 Å². The summed E-state index contributed by atoms with van der Waals surface area (Å²) in [7, 11) is 0.